The molecule has 4 aromatic rings. The second-order valence-electron chi connectivity index (χ2n) is 7.93. The zero-order valence-electron chi connectivity index (χ0n) is 16.6. The van der Waals surface area contributed by atoms with E-state index >= 15 is 0 Å². The number of likely N-dealkylation sites (tertiary alicyclic amines) is 1. The highest BCUT2D eigenvalue weighted by Gasteiger charge is 2.29. The minimum atomic E-state index is -4.23. The van der Waals surface area contributed by atoms with E-state index in [0.29, 0.717) is 16.0 Å². The average molecular weight is 447 g/mol. The van der Waals surface area contributed by atoms with E-state index in [-0.39, 0.29) is 10.9 Å². The molecule has 0 bridgehead atoms. The first-order chi connectivity index (χ1) is 14.9. The van der Waals surface area contributed by atoms with Crippen molar-refractivity contribution in [1.82, 2.24) is 25.1 Å². The molecule has 1 fully saturated rings. The smallest absolute Gasteiger partial charge is 0.367 e. The molecule has 0 atom stereocenters. The normalized spacial score (nSPS) is 16.4. The molecule has 1 saturated heterocycles. The number of thiophene rings is 1. The third-order valence-electron chi connectivity index (χ3n) is 5.59. The molecule has 2 N–H and O–H groups in total. The summed E-state index contributed by atoms with van der Waals surface area (Å²) in [6.07, 6.45) is -0.0208. The molecular formula is C21H21F3N6S. The molecule has 1 aliphatic heterocycles. The van der Waals surface area contributed by atoms with Crippen LogP contribution in [-0.4, -0.2) is 50.4 Å². The first kappa shape index (κ1) is 20.2. The molecule has 1 aromatic carbocycles. The number of alkyl halides is 3. The van der Waals surface area contributed by atoms with Crippen molar-refractivity contribution >= 4 is 38.3 Å². The quantitative estimate of drug-likeness (QED) is 0.463. The lowest BCUT2D eigenvalue weighted by molar-refractivity contribution is -0.126. The largest absolute Gasteiger partial charge is 0.393 e. The zero-order valence-corrected chi connectivity index (χ0v) is 17.4. The maximum absolute atomic E-state index is 12.7. The summed E-state index contributed by atoms with van der Waals surface area (Å²) in [5.74, 6) is 0.624. The van der Waals surface area contributed by atoms with Gasteiger partial charge in [0.1, 0.15) is 17.0 Å². The Hall–Kier alpha value is -2.72. The van der Waals surface area contributed by atoms with Crippen LogP contribution in [-0.2, 0) is 13.0 Å². The molecule has 4 heterocycles. The van der Waals surface area contributed by atoms with Crippen LogP contribution in [0, 0.1) is 0 Å². The number of H-pyrrole nitrogens is 1. The summed E-state index contributed by atoms with van der Waals surface area (Å²) in [5.41, 5.74) is 2.29. The van der Waals surface area contributed by atoms with Crippen molar-refractivity contribution in [2.45, 2.75) is 38.0 Å². The molecule has 0 saturated carbocycles. The lowest BCUT2D eigenvalue weighted by Crippen LogP contribution is -2.38. The number of halogens is 3. The van der Waals surface area contributed by atoms with E-state index in [1.807, 2.05) is 6.20 Å². The highest BCUT2D eigenvalue weighted by molar-refractivity contribution is 7.18. The number of benzene rings is 1. The molecule has 0 aliphatic carbocycles. The fraction of sp³-hybridized carbons (Fsp3) is 0.381. The van der Waals surface area contributed by atoms with Gasteiger partial charge < -0.3 is 5.32 Å². The van der Waals surface area contributed by atoms with Crippen molar-refractivity contribution in [3.05, 3.63) is 47.2 Å². The molecule has 3 aromatic heterocycles. The van der Waals surface area contributed by atoms with E-state index in [9.17, 15) is 13.2 Å². The van der Waals surface area contributed by atoms with Crippen LogP contribution in [0.25, 0.3) is 21.1 Å². The minimum absolute atomic E-state index is 0.233. The number of hydrogen-bond donors (Lipinski definition) is 2. The summed E-state index contributed by atoms with van der Waals surface area (Å²) in [6, 6.07) is 8.14. The standard InChI is InChI=1S/C21H21F3N6S/c22-21(23,24)9-16-8-17-19(25-12-26-20(17)31-16)28-15-3-5-30(6-4-15)11-13-1-2-18-14(7-13)10-27-29-18/h1-2,7-8,10,12,15H,3-6,9,11H2,(H,27,29)(H,25,26,28). The van der Waals surface area contributed by atoms with Gasteiger partial charge in [0.05, 0.1) is 23.5 Å². The van der Waals surface area contributed by atoms with Gasteiger partial charge in [-0.25, -0.2) is 9.97 Å². The Morgan fingerprint density at radius 1 is 1.16 bits per heavy atom. The molecule has 1 aliphatic rings. The zero-order chi connectivity index (χ0) is 21.4. The lowest BCUT2D eigenvalue weighted by Gasteiger charge is -2.32. The van der Waals surface area contributed by atoms with E-state index in [0.717, 1.165) is 54.7 Å². The first-order valence-electron chi connectivity index (χ1n) is 10.1. The van der Waals surface area contributed by atoms with Gasteiger partial charge in [0.25, 0.3) is 0 Å². The summed E-state index contributed by atoms with van der Waals surface area (Å²) < 4.78 is 38.2. The Morgan fingerprint density at radius 2 is 2.00 bits per heavy atom. The number of rotatable bonds is 5. The number of aromatic nitrogens is 4. The van der Waals surface area contributed by atoms with Crippen molar-refractivity contribution in [3.63, 3.8) is 0 Å². The molecule has 5 rings (SSSR count). The predicted octanol–water partition coefficient (Wildman–Crippen LogP) is 4.75. The van der Waals surface area contributed by atoms with E-state index in [1.54, 1.807) is 6.07 Å². The van der Waals surface area contributed by atoms with Gasteiger partial charge in [-0.2, -0.15) is 18.3 Å². The number of piperidine rings is 1. The third-order valence-corrected chi connectivity index (χ3v) is 6.64. The Morgan fingerprint density at radius 3 is 2.81 bits per heavy atom. The van der Waals surface area contributed by atoms with Gasteiger partial charge in [0.15, 0.2) is 0 Å². The SMILES string of the molecule is FC(F)(F)Cc1cc2c(NC3CCN(Cc4ccc5[nH]ncc5c4)CC3)ncnc2s1. The van der Waals surface area contributed by atoms with E-state index in [2.05, 4.69) is 48.6 Å². The fourth-order valence-electron chi connectivity index (χ4n) is 4.08. The second-order valence-corrected chi connectivity index (χ2v) is 9.05. The van der Waals surface area contributed by atoms with Gasteiger partial charge in [-0.15, -0.1) is 11.3 Å². The van der Waals surface area contributed by atoms with Gasteiger partial charge in [-0.3, -0.25) is 10.00 Å². The predicted molar refractivity (Wildman–Crippen MR) is 115 cm³/mol. The Kier molecular flexibility index (Phi) is 5.27. The summed E-state index contributed by atoms with van der Waals surface area (Å²) in [7, 11) is 0. The molecular weight excluding hydrogens is 425 g/mol. The first-order valence-corrected chi connectivity index (χ1v) is 11.0. The van der Waals surface area contributed by atoms with Crippen LogP contribution in [0.5, 0.6) is 0 Å². The van der Waals surface area contributed by atoms with Crippen LogP contribution >= 0.6 is 11.3 Å². The topological polar surface area (TPSA) is 69.7 Å². The van der Waals surface area contributed by atoms with Crippen LogP contribution in [0.4, 0.5) is 19.0 Å². The van der Waals surface area contributed by atoms with E-state index in [1.165, 1.54) is 11.9 Å². The number of nitrogens with one attached hydrogen (secondary N) is 2. The number of hydrogen-bond acceptors (Lipinski definition) is 6. The molecule has 6 nitrogen and oxygen atoms in total. The highest BCUT2D eigenvalue weighted by Crippen LogP contribution is 2.33. The number of fused-ring (bicyclic) bond motifs is 2. The van der Waals surface area contributed by atoms with Crippen molar-refractivity contribution in [2.75, 3.05) is 18.4 Å². The van der Waals surface area contributed by atoms with Crippen LogP contribution in [0.1, 0.15) is 23.3 Å². The van der Waals surface area contributed by atoms with E-state index < -0.39 is 12.6 Å². The van der Waals surface area contributed by atoms with Crippen LogP contribution in [0.3, 0.4) is 0 Å². The molecule has 10 heteroatoms. The summed E-state index contributed by atoms with van der Waals surface area (Å²) >= 11 is 1.08. The molecule has 0 amide bonds. The average Bonchev–Trinajstić information content (AvgIpc) is 3.34. The molecule has 0 spiro atoms. The van der Waals surface area contributed by atoms with Crippen molar-refractivity contribution in [3.8, 4) is 0 Å². The molecule has 0 unspecified atom stereocenters. The maximum atomic E-state index is 12.7. The number of nitrogens with zero attached hydrogens (tertiary/aromatic N) is 4. The monoisotopic (exact) mass is 446 g/mol. The molecule has 31 heavy (non-hydrogen) atoms. The van der Waals surface area contributed by atoms with Crippen molar-refractivity contribution in [1.29, 1.82) is 0 Å². The van der Waals surface area contributed by atoms with Gasteiger partial charge in [0.2, 0.25) is 0 Å². The van der Waals surface area contributed by atoms with Crippen LogP contribution in [0.15, 0.2) is 36.8 Å². The Labute approximate surface area is 180 Å². The Balaban J connectivity index is 1.21. The molecule has 0 radical (unpaired) electrons. The third kappa shape index (κ3) is 4.64. The highest BCUT2D eigenvalue weighted by atomic mass is 32.1. The van der Waals surface area contributed by atoms with Crippen LogP contribution < -0.4 is 5.32 Å². The fourth-order valence-corrected chi connectivity index (χ4v) is 5.11. The lowest BCUT2D eigenvalue weighted by atomic mass is 10.0. The summed E-state index contributed by atoms with van der Waals surface area (Å²) in [4.78, 5) is 11.7. The number of aromatic amines is 1. The second kappa shape index (κ2) is 8.08. The summed E-state index contributed by atoms with van der Waals surface area (Å²) in [5, 5.41) is 12.3. The minimum Gasteiger partial charge on any atom is -0.367 e. The van der Waals surface area contributed by atoms with Crippen molar-refractivity contribution in [2.24, 2.45) is 0 Å². The molecule has 162 valence electrons. The van der Waals surface area contributed by atoms with Crippen molar-refractivity contribution < 1.29 is 13.2 Å². The maximum Gasteiger partial charge on any atom is 0.393 e. The summed E-state index contributed by atoms with van der Waals surface area (Å²) in [6.45, 7) is 2.77. The van der Waals surface area contributed by atoms with Gasteiger partial charge in [-0.05, 0) is 36.6 Å². The van der Waals surface area contributed by atoms with Gasteiger partial charge in [0, 0.05) is 35.9 Å². The van der Waals surface area contributed by atoms with E-state index in [4.69, 9.17) is 0 Å². The Bertz CT molecular complexity index is 1190. The van der Waals surface area contributed by atoms with Gasteiger partial charge >= 0.3 is 6.18 Å². The van der Waals surface area contributed by atoms with Crippen LogP contribution in [0.2, 0.25) is 0 Å². The number of anilines is 1. The van der Waals surface area contributed by atoms with Gasteiger partial charge in [-0.1, -0.05) is 6.07 Å².